The lowest BCUT2D eigenvalue weighted by atomic mass is 10.1. The van der Waals surface area contributed by atoms with Gasteiger partial charge < -0.3 is 4.74 Å². The molecular weight excluding hydrogens is 326 g/mol. The van der Waals surface area contributed by atoms with Crippen molar-refractivity contribution in [3.63, 3.8) is 0 Å². The van der Waals surface area contributed by atoms with E-state index in [2.05, 4.69) is 29.2 Å². The monoisotopic (exact) mass is 341 g/mol. The summed E-state index contributed by atoms with van der Waals surface area (Å²) in [6, 6.07) is 20.2. The van der Waals surface area contributed by atoms with Crippen molar-refractivity contribution in [2.24, 2.45) is 0 Å². The molecule has 0 radical (unpaired) electrons. The SMILES string of the molecule is COc1cc(-c2ccccc2Cl)c(SCc2ccccc2)cn1. The lowest BCUT2D eigenvalue weighted by molar-refractivity contribution is 0.397. The molecule has 0 aliphatic carbocycles. The summed E-state index contributed by atoms with van der Waals surface area (Å²) < 4.78 is 5.27. The summed E-state index contributed by atoms with van der Waals surface area (Å²) in [6.45, 7) is 0. The van der Waals surface area contributed by atoms with Crippen molar-refractivity contribution in [2.75, 3.05) is 7.11 Å². The van der Waals surface area contributed by atoms with Gasteiger partial charge >= 0.3 is 0 Å². The first-order valence-corrected chi connectivity index (χ1v) is 8.60. The number of methoxy groups -OCH3 is 1. The summed E-state index contributed by atoms with van der Waals surface area (Å²) in [5.74, 6) is 1.47. The molecule has 116 valence electrons. The molecule has 2 nitrogen and oxygen atoms in total. The summed E-state index contributed by atoms with van der Waals surface area (Å²) in [4.78, 5) is 5.43. The average Bonchev–Trinajstić information content (AvgIpc) is 2.61. The molecule has 0 saturated heterocycles. The minimum atomic E-state index is 0.587. The topological polar surface area (TPSA) is 22.1 Å². The lowest BCUT2D eigenvalue weighted by Gasteiger charge is -2.12. The molecule has 0 unspecified atom stereocenters. The van der Waals surface area contributed by atoms with Crippen molar-refractivity contribution in [1.82, 2.24) is 4.98 Å². The van der Waals surface area contributed by atoms with Crippen molar-refractivity contribution >= 4 is 23.4 Å². The Morgan fingerprint density at radius 1 is 1.00 bits per heavy atom. The molecule has 0 bridgehead atoms. The molecule has 0 amide bonds. The van der Waals surface area contributed by atoms with E-state index in [4.69, 9.17) is 16.3 Å². The minimum Gasteiger partial charge on any atom is -0.481 e. The Balaban J connectivity index is 1.95. The largest absolute Gasteiger partial charge is 0.481 e. The molecule has 0 saturated carbocycles. The van der Waals surface area contributed by atoms with E-state index in [0.29, 0.717) is 5.88 Å². The van der Waals surface area contributed by atoms with Gasteiger partial charge in [-0.05, 0) is 11.6 Å². The van der Waals surface area contributed by atoms with E-state index in [9.17, 15) is 0 Å². The van der Waals surface area contributed by atoms with Gasteiger partial charge in [0, 0.05) is 39.1 Å². The van der Waals surface area contributed by atoms with Crippen LogP contribution in [0.4, 0.5) is 0 Å². The third-order valence-electron chi connectivity index (χ3n) is 3.45. The zero-order chi connectivity index (χ0) is 16.1. The van der Waals surface area contributed by atoms with Crippen LogP contribution in [0.25, 0.3) is 11.1 Å². The molecule has 1 heterocycles. The van der Waals surface area contributed by atoms with Crippen LogP contribution in [0, 0.1) is 0 Å². The van der Waals surface area contributed by atoms with Crippen molar-refractivity contribution in [1.29, 1.82) is 0 Å². The first kappa shape index (κ1) is 15.9. The third kappa shape index (κ3) is 3.87. The number of rotatable bonds is 5. The van der Waals surface area contributed by atoms with E-state index >= 15 is 0 Å². The highest BCUT2D eigenvalue weighted by Gasteiger charge is 2.11. The molecule has 0 aliphatic rings. The first-order chi connectivity index (χ1) is 11.3. The maximum absolute atomic E-state index is 6.37. The number of ether oxygens (including phenoxy) is 1. The van der Waals surface area contributed by atoms with Crippen molar-refractivity contribution in [3.8, 4) is 17.0 Å². The Morgan fingerprint density at radius 3 is 2.48 bits per heavy atom. The fourth-order valence-electron chi connectivity index (χ4n) is 2.28. The first-order valence-electron chi connectivity index (χ1n) is 7.23. The number of aromatic nitrogens is 1. The Hall–Kier alpha value is -1.97. The van der Waals surface area contributed by atoms with Crippen LogP contribution < -0.4 is 4.74 Å². The molecular formula is C19H16ClNOS. The maximum atomic E-state index is 6.37. The van der Waals surface area contributed by atoms with E-state index < -0.39 is 0 Å². The van der Waals surface area contributed by atoms with Gasteiger partial charge in [0.2, 0.25) is 5.88 Å². The van der Waals surface area contributed by atoms with E-state index in [0.717, 1.165) is 26.8 Å². The Morgan fingerprint density at radius 2 is 1.74 bits per heavy atom. The molecule has 0 fully saturated rings. The molecule has 1 aromatic heterocycles. The predicted molar refractivity (Wildman–Crippen MR) is 97.2 cm³/mol. The number of benzene rings is 2. The average molecular weight is 342 g/mol. The quantitative estimate of drug-likeness (QED) is 0.555. The molecule has 4 heteroatoms. The van der Waals surface area contributed by atoms with Crippen LogP contribution in [0.2, 0.25) is 5.02 Å². The second-order valence-corrected chi connectivity index (χ2v) is 6.40. The van der Waals surface area contributed by atoms with Gasteiger partial charge in [-0.25, -0.2) is 4.98 Å². The summed E-state index contributed by atoms with van der Waals surface area (Å²) in [5.41, 5.74) is 3.31. The number of pyridine rings is 1. The summed E-state index contributed by atoms with van der Waals surface area (Å²) in [7, 11) is 1.62. The molecule has 3 rings (SSSR count). The van der Waals surface area contributed by atoms with Gasteiger partial charge in [0.15, 0.2) is 0 Å². The molecule has 23 heavy (non-hydrogen) atoms. The molecule has 3 aromatic rings. The van der Waals surface area contributed by atoms with Crippen LogP contribution in [-0.2, 0) is 5.75 Å². The Kier molecular flexibility index (Phi) is 5.21. The maximum Gasteiger partial charge on any atom is 0.213 e. The van der Waals surface area contributed by atoms with Crippen LogP contribution in [0.3, 0.4) is 0 Å². The van der Waals surface area contributed by atoms with Crippen molar-refractivity contribution in [3.05, 3.63) is 77.4 Å². The van der Waals surface area contributed by atoms with Crippen LogP contribution in [0.1, 0.15) is 5.56 Å². The zero-order valence-corrected chi connectivity index (χ0v) is 14.3. The smallest absolute Gasteiger partial charge is 0.213 e. The molecule has 2 aromatic carbocycles. The summed E-state index contributed by atoms with van der Waals surface area (Å²) in [6.07, 6.45) is 1.85. The van der Waals surface area contributed by atoms with Crippen LogP contribution in [-0.4, -0.2) is 12.1 Å². The highest BCUT2D eigenvalue weighted by Crippen LogP contribution is 2.37. The highest BCUT2D eigenvalue weighted by atomic mass is 35.5. The molecule has 0 aliphatic heterocycles. The number of hydrogen-bond acceptors (Lipinski definition) is 3. The Bertz CT molecular complexity index is 792. The molecule has 0 N–H and O–H groups in total. The van der Waals surface area contributed by atoms with Crippen LogP contribution in [0.15, 0.2) is 71.8 Å². The second-order valence-electron chi connectivity index (χ2n) is 4.98. The molecule has 0 atom stereocenters. The van der Waals surface area contributed by atoms with Gasteiger partial charge in [0.1, 0.15) is 0 Å². The zero-order valence-electron chi connectivity index (χ0n) is 12.7. The van der Waals surface area contributed by atoms with E-state index in [1.807, 2.05) is 42.6 Å². The van der Waals surface area contributed by atoms with Gasteiger partial charge in [-0.1, -0.05) is 60.1 Å². The minimum absolute atomic E-state index is 0.587. The fourth-order valence-corrected chi connectivity index (χ4v) is 3.48. The van der Waals surface area contributed by atoms with Crippen LogP contribution >= 0.6 is 23.4 Å². The molecule has 0 spiro atoms. The van der Waals surface area contributed by atoms with Gasteiger partial charge in [-0.15, -0.1) is 11.8 Å². The number of nitrogens with zero attached hydrogens (tertiary/aromatic N) is 1. The van der Waals surface area contributed by atoms with Crippen molar-refractivity contribution < 1.29 is 4.74 Å². The van der Waals surface area contributed by atoms with Gasteiger partial charge in [0.25, 0.3) is 0 Å². The fraction of sp³-hybridized carbons (Fsp3) is 0.105. The Labute approximate surface area is 145 Å². The highest BCUT2D eigenvalue weighted by molar-refractivity contribution is 7.98. The third-order valence-corrected chi connectivity index (χ3v) is 4.90. The van der Waals surface area contributed by atoms with Gasteiger partial charge in [0.05, 0.1) is 7.11 Å². The van der Waals surface area contributed by atoms with Gasteiger partial charge in [-0.3, -0.25) is 0 Å². The second kappa shape index (κ2) is 7.53. The van der Waals surface area contributed by atoms with E-state index in [1.165, 1.54) is 5.56 Å². The van der Waals surface area contributed by atoms with Gasteiger partial charge in [-0.2, -0.15) is 0 Å². The number of thioether (sulfide) groups is 1. The van der Waals surface area contributed by atoms with E-state index in [1.54, 1.807) is 18.9 Å². The number of hydrogen-bond donors (Lipinski definition) is 0. The van der Waals surface area contributed by atoms with E-state index in [-0.39, 0.29) is 0 Å². The summed E-state index contributed by atoms with van der Waals surface area (Å²) in [5, 5.41) is 0.724. The lowest BCUT2D eigenvalue weighted by Crippen LogP contribution is -1.92. The van der Waals surface area contributed by atoms with Crippen molar-refractivity contribution in [2.45, 2.75) is 10.6 Å². The van der Waals surface area contributed by atoms with Crippen LogP contribution in [0.5, 0.6) is 5.88 Å². The summed E-state index contributed by atoms with van der Waals surface area (Å²) >= 11 is 8.12. The predicted octanol–water partition coefficient (Wildman–Crippen LogP) is 5.70. The normalized spacial score (nSPS) is 10.5. The standard InChI is InChI=1S/C19H16ClNOS/c1-22-19-11-16(15-9-5-6-10-17(15)20)18(12-21-19)23-13-14-7-3-2-4-8-14/h2-12H,13H2,1H3. The number of halogens is 1.